The van der Waals surface area contributed by atoms with Crippen molar-refractivity contribution in [3.05, 3.63) is 65.5 Å². The maximum absolute atomic E-state index is 14.6. The van der Waals surface area contributed by atoms with Crippen LogP contribution in [0.2, 0.25) is 0 Å². The summed E-state index contributed by atoms with van der Waals surface area (Å²) in [5.41, 5.74) is 1.02. The van der Waals surface area contributed by atoms with Crippen molar-refractivity contribution in [2.75, 3.05) is 24.9 Å². The summed E-state index contributed by atoms with van der Waals surface area (Å²) in [6.45, 7) is 8.39. The van der Waals surface area contributed by atoms with E-state index in [1.807, 2.05) is 52.0 Å². The maximum Gasteiger partial charge on any atom is 0.304 e. The minimum Gasteiger partial charge on any atom is -0.350 e. The fourth-order valence-corrected chi connectivity index (χ4v) is 4.37. The zero-order chi connectivity index (χ0) is 26.6. The molecule has 35 heavy (non-hydrogen) atoms. The Kier molecular flexibility index (Phi) is 9.02. The van der Waals surface area contributed by atoms with Crippen LogP contribution < -0.4 is 9.62 Å². The van der Waals surface area contributed by atoms with Crippen LogP contribution in [0.25, 0.3) is 0 Å². The van der Waals surface area contributed by atoms with Gasteiger partial charge in [-0.2, -0.15) is 12.7 Å². The molecule has 10 heteroatoms. The Hall–Kier alpha value is -2.98. The van der Waals surface area contributed by atoms with E-state index in [1.165, 1.54) is 37.2 Å². The predicted molar refractivity (Wildman–Crippen MR) is 135 cm³/mol. The number of nitrogens with zero attached hydrogens (tertiary/aromatic N) is 3. The second kappa shape index (κ2) is 11.2. The second-order valence-corrected chi connectivity index (χ2v) is 11.7. The van der Waals surface area contributed by atoms with Gasteiger partial charge in [-0.3, -0.25) is 9.59 Å². The zero-order valence-electron chi connectivity index (χ0n) is 21.4. The SMILES string of the molecule is Cc1ccc(CN(C(=O)CN(c2ccccc2F)S(=O)(=O)N(C)C)C(C)C(=O)NC(C)(C)C)cc1. The number of para-hydroxylation sites is 1. The lowest BCUT2D eigenvalue weighted by Gasteiger charge is -2.34. The van der Waals surface area contributed by atoms with Crippen LogP contribution in [0.3, 0.4) is 0 Å². The Bertz CT molecular complexity index is 1140. The van der Waals surface area contributed by atoms with Crippen LogP contribution in [0, 0.1) is 12.7 Å². The Morgan fingerprint density at radius 1 is 1.03 bits per heavy atom. The smallest absolute Gasteiger partial charge is 0.304 e. The van der Waals surface area contributed by atoms with Gasteiger partial charge in [0.15, 0.2) is 0 Å². The zero-order valence-corrected chi connectivity index (χ0v) is 22.2. The molecule has 0 saturated carbocycles. The summed E-state index contributed by atoms with van der Waals surface area (Å²) in [6.07, 6.45) is 0. The first-order valence-corrected chi connectivity index (χ1v) is 12.6. The van der Waals surface area contributed by atoms with E-state index in [0.29, 0.717) is 0 Å². The highest BCUT2D eigenvalue weighted by Gasteiger charge is 2.34. The van der Waals surface area contributed by atoms with Crippen LogP contribution in [0.15, 0.2) is 48.5 Å². The van der Waals surface area contributed by atoms with Gasteiger partial charge in [0, 0.05) is 26.2 Å². The first kappa shape index (κ1) is 28.3. The van der Waals surface area contributed by atoms with Crippen LogP contribution in [0.1, 0.15) is 38.8 Å². The van der Waals surface area contributed by atoms with E-state index in [-0.39, 0.29) is 18.1 Å². The number of hydrogen-bond donors (Lipinski definition) is 1. The number of nitrogens with one attached hydrogen (secondary N) is 1. The summed E-state index contributed by atoms with van der Waals surface area (Å²) in [4.78, 5) is 27.9. The monoisotopic (exact) mass is 506 g/mol. The minimum absolute atomic E-state index is 0.0744. The third-order valence-electron chi connectivity index (χ3n) is 5.28. The highest BCUT2D eigenvalue weighted by Crippen LogP contribution is 2.24. The number of halogens is 1. The molecule has 0 aliphatic carbocycles. The van der Waals surface area contributed by atoms with Crippen LogP contribution in [-0.2, 0) is 26.3 Å². The van der Waals surface area contributed by atoms with Crippen molar-refractivity contribution in [1.29, 1.82) is 0 Å². The molecule has 0 bridgehead atoms. The highest BCUT2D eigenvalue weighted by molar-refractivity contribution is 7.90. The summed E-state index contributed by atoms with van der Waals surface area (Å²) in [6, 6.07) is 11.9. The molecule has 0 radical (unpaired) electrons. The Labute approximate surface area is 207 Å². The fourth-order valence-electron chi connectivity index (χ4n) is 3.30. The van der Waals surface area contributed by atoms with Gasteiger partial charge in [0.05, 0.1) is 5.69 Å². The number of carbonyl (C=O) groups excluding carboxylic acids is 2. The van der Waals surface area contributed by atoms with Gasteiger partial charge in [-0.1, -0.05) is 42.0 Å². The van der Waals surface area contributed by atoms with E-state index in [0.717, 1.165) is 25.8 Å². The summed E-state index contributed by atoms with van der Waals surface area (Å²) < 4.78 is 42.4. The van der Waals surface area contributed by atoms with Gasteiger partial charge >= 0.3 is 10.2 Å². The first-order valence-electron chi connectivity index (χ1n) is 11.2. The molecule has 8 nitrogen and oxygen atoms in total. The molecule has 2 aromatic carbocycles. The van der Waals surface area contributed by atoms with E-state index < -0.39 is 40.1 Å². The van der Waals surface area contributed by atoms with Crippen molar-refractivity contribution in [3.8, 4) is 0 Å². The third-order valence-corrected chi connectivity index (χ3v) is 7.08. The summed E-state index contributed by atoms with van der Waals surface area (Å²) in [5, 5.41) is 2.86. The minimum atomic E-state index is -4.22. The Morgan fingerprint density at radius 3 is 2.11 bits per heavy atom. The summed E-state index contributed by atoms with van der Waals surface area (Å²) in [7, 11) is -1.61. The average molecular weight is 507 g/mol. The molecule has 0 heterocycles. The predicted octanol–water partition coefficient (Wildman–Crippen LogP) is 3.08. The number of carbonyl (C=O) groups is 2. The summed E-state index contributed by atoms with van der Waals surface area (Å²) >= 11 is 0. The van der Waals surface area contributed by atoms with Gasteiger partial charge in [0.1, 0.15) is 18.4 Å². The molecule has 0 aliphatic heterocycles. The van der Waals surface area contributed by atoms with Crippen molar-refractivity contribution < 1.29 is 22.4 Å². The lowest BCUT2D eigenvalue weighted by Crippen LogP contribution is -2.55. The van der Waals surface area contributed by atoms with Crippen LogP contribution >= 0.6 is 0 Å². The Balaban J connectivity index is 2.48. The Morgan fingerprint density at radius 2 is 1.60 bits per heavy atom. The molecule has 0 saturated heterocycles. The number of aryl methyl sites for hydroxylation is 1. The molecule has 1 N–H and O–H groups in total. The van der Waals surface area contributed by atoms with Crippen LogP contribution in [-0.4, -0.2) is 61.7 Å². The fraction of sp³-hybridized carbons (Fsp3) is 0.440. The molecule has 2 amide bonds. The molecule has 0 aromatic heterocycles. The molecule has 1 atom stereocenters. The largest absolute Gasteiger partial charge is 0.350 e. The number of hydrogen-bond acceptors (Lipinski definition) is 4. The van der Waals surface area contributed by atoms with Gasteiger partial charge < -0.3 is 10.2 Å². The molecular formula is C25H35FN4O4S. The summed E-state index contributed by atoms with van der Waals surface area (Å²) in [5.74, 6) is -1.81. The van der Waals surface area contributed by atoms with Gasteiger partial charge in [-0.05, 0) is 52.3 Å². The highest BCUT2D eigenvalue weighted by atomic mass is 32.2. The molecule has 2 rings (SSSR count). The van der Waals surface area contributed by atoms with Gasteiger partial charge in [-0.25, -0.2) is 8.70 Å². The average Bonchev–Trinajstić information content (AvgIpc) is 2.75. The molecule has 0 aliphatic rings. The van der Waals surface area contributed by atoms with Crippen molar-refractivity contribution in [2.24, 2.45) is 0 Å². The number of rotatable bonds is 9. The molecule has 1 unspecified atom stereocenters. The van der Waals surface area contributed by atoms with Crippen molar-refractivity contribution in [3.63, 3.8) is 0 Å². The van der Waals surface area contributed by atoms with Gasteiger partial charge in [0.2, 0.25) is 11.8 Å². The number of amides is 2. The normalized spacial score (nSPS) is 12.8. The molecule has 192 valence electrons. The van der Waals surface area contributed by atoms with Crippen LogP contribution in [0.5, 0.6) is 0 Å². The van der Waals surface area contributed by atoms with E-state index in [9.17, 15) is 22.4 Å². The van der Waals surface area contributed by atoms with Crippen LogP contribution in [0.4, 0.5) is 10.1 Å². The molecule has 0 fully saturated rings. The van der Waals surface area contributed by atoms with E-state index in [2.05, 4.69) is 5.32 Å². The van der Waals surface area contributed by atoms with E-state index >= 15 is 0 Å². The third kappa shape index (κ3) is 7.50. The number of anilines is 1. The topological polar surface area (TPSA) is 90.0 Å². The quantitative estimate of drug-likeness (QED) is 0.566. The van der Waals surface area contributed by atoms with Crippen molar-refractivity contribution >= 4 is 27.7 Å². The van der Waals surface area contributed by atoms with Crippen molar-refractivity contribution in [1.82, 2.24) is 14.5 Å². The van der Waals surface area contributed by atoms with Gasteiger partial charge in [-0.15, -0.1) is 0 Å². The lowest BCUT2D eigenvalue weighted by molar-refractivity contribution is -0.140. The van der Waals surface area contributed by atoms with E-state index in [1.54, 1.807) is 6.92 Å². The maximum atomic E-state index is 14.6. The van der Waals surface area contributed by atoms with Gasteiger partial charge in [0.25, 0.3) is 0 Å². The lowest BCUT2D eigenvalue weighted by atomic mass is 10.1. The second-order valence-electron chi connectivity index (χ2n) is 9.67. The molecule has 0 spiro atoms. The molecular weight excluding hydrogens is 471 g/mol. The standard InChI is InChI=1S/C25H35FN4O4S/c1-18-12-14-20(15-13-18)16-29(19(2)24(32)27-25(3,4)5)23(31)17-30(35(33,34)28(6)7)22-11-9-8-10-21(22)26/h8-15,19H,16-17H2,1-7H3,(H,27,32). The molecule has 2 aromatic rings. The van der Waals surface area contributed by atoms with E-state index in [4.69, 9.17) is 0 Å². The first-order chi connectivity index (χ1) is 16.1. The van der Waals surface area contributed by atoms with Crippen molar-refractivity contribution in [2.45, 2.75) is 52.7 Å². The number of benzene rings is 2.